The van der Waals surface area contributed by atoms with E-state index in [2.05, 4.69) is 67.8 Å². The molecule has 11 amide bonds. The number of fused-ring (bicyclic) bond motifs is 1. The van der Waals surface area contributed by atoms with E-state index in [-0.39, 0.29) is 116 Å². The van der Waals surface area contributed by atoms with Gasteiger partial charge in [0.25, 0.3) is 11.9 Å². The van der Waals surface area contributed by atoms with Gasteiger partial charge in [-0.25, -0.2) is 4.98 Å². The second kappa shape index (κ2) is 43.2. The van der Waals surface area contributed by atoms with Gasteiger partial charge >= 0.3 is 0 Å². The maximum atomic E-state index is 14.4. The lowest BCUT2D eigenvalue weighted by atomic mass is 10.0. The normalized spacial score (nSPS) is 15.2. The summed E-state index contributed by atoms with van der Waals surface area (Å²) in [6.45, 7) is 3.79. The van der Waals surface area contributed by atoms with Crippen LogP contribution < -0.4 is 65.1 Å². The van der Waals surface area contributed by atoms with Gasteiger partial charge in [-0.3, -0.25) is 67.3 Å². The number of guanidine groups is 1. The van der Waals surface area contributed by atoms with Crippen molar-refractivity contribution in [2.45, 2.75) is 140 Å². The van der Waals surface area contributed by atoms with Gasteiger partial charge in [0.15, 0.2) is 5.96 Å². The largest absolute Gasteiger partial charge is 0.508 e. The third-order valence-corrected chi connectivity index (χ3v) is 14.0. The van der Waals surface area contributed by atoms with Crippen LogP contribution in [0.1, 0.15) is 89.6 Å². The lowest BCUT2D eigenvalue weighted by Gasteiger charge is -2.30. The number of aliphatic imine (C=N–C) groups is 1. The highest BCUT2D eigenvalue weighted by atomic mass is 16.4. The van der Waals surface area contributed by atoms with E-state index >= 15 is 0 Å². The van der Waals surface area contributed by atoms with E-state index in [9.17, 15) is 63.0 Å². The van der Waals surface area contributed by atoms with Gasteiger partial charge in [-0.05, 0) is 79.7 Å². The number of likely N-dealkylation sites (tertiary alicyclic amines) is 1. The summed E-state index contributed by atoms with van der Waals surface area (Å²) in [7, 11) is 0. The Kier molecular flexibility index (Phi) is 38.4. The number of aromatic amines is 2. The Morgan fingerprint density at radius 3 is 1.80 bits per heavy atom. The minimum Gasteiger partial charge on any atom is -0.508 e. The zero-order valence-electron chi connectivity index (χ0n) is 53.8. The summed E-state index contributed by atoms with van der Waals surface area (Å²) in [5, 5.41) is 59.3. The fourth-order valence-corrected chi connectivity index (χ4v) is 9.74. The number of nitrogens with one attached hydrogen (secondary N) is 11. The molecule has 2 fully saturated rings. The van der Waals surface area contributed by atoms with Crippen molar-refractivity contribution in [3.05, 3.63) is 84.1 Å². The van der Waals surface area contributed by atoms with E-state index in [1.165, 1.54) is 41.7 Å². The van der Waals surface area contributed by atoms with Crippen molar-refractivity contribution in [3.63, 3.8) is 0 Å². The smallest absolute Gasteiger partial charge is 0.300 e. The zero-order chi connectivity index (χ0) is 68.9. The number of nitrogens with two attached hydrogens (primary N) is 3. The summed E-state index contributed by atoms with van der Waals surface area (Å²) in [6, 6.07) is 4.18. The number of carboxylic acid groups (broad SMARTS) is 2. The maximum absolute atomic E-state index is 14.4. The Balaban J connectivity index is 0.00000726. The van der Waals surface area contributed by atoms with Crippen molar-refractivity contribution in [3.8, 4) is 5.75 Å². The first kappa shape index (κ1) is 86.2. The standard InChI is InChI=1S/C55H75N17O13.2C2H4O2.4H2O/c1-29(2)19-38(49(80)67-37(9-5-17-60-55(57)58)54(85)72-18-6-10-43(72)53(84)61-25-44(56)75)66-46(77)26-62-47(78)39(20-30-11-13-34(74)14-12-30)68-52(83)42(27-73)71-51(82)40(22-32-21-31-7-3-4-8-35(31)64-32)70-50(81)41(23-33-24-59-28-63-33)69-48(79)36-15-16-45(76)65-36;2*1-2(3)4;;;;/h3-4,7-8,11-14,21,24,28-29,36-43,64,73-74H,5-6,9-10,15-20,22-23,25-27H2,1-2H3,(H2,56,75)(H,59,63)(H,61,84)(H,62,78)(H,65,76)(H,66,77)(H,67,80)(H,68,83)(H,69,79)(H,70,81)(H,71,82)(H4,57,58,60);2*1H3,(H,3,4);4*1H2/t36-,37-,38-,39-,40-,41-,42-,43-;;;;;;/m0....../s1. The molecule has 2 aliphatic heterocycles. The average molecular weight is 1370 g/mol. The summed E-state index contributed by atoms with van der Waals surface area (Å²) in [5.41, 5.74) is 18.2. The number of benzene rings is 2. The number of phenols is 1. The van der Waals surface area contributed by atoms with Gasteiger partial charge < -0.3 is 122 Å². The number of imidazole rings is 1. The van der Waals surface area contributed by atoms with E-state index in [1.807, 2.05) is 6.07 Å². The Morgan fingerprint density at radius 1 is 0.680 bits per heavy atom. The molecular weight excluding hydrogens is 1280 g/mol. The number of nitrogens with zero attached hydrogens (tertiary/aromatic N) is 3. The average Bonchev–Trinajstić information content (AvgIpc) is 1.78. The molecule has 0 bridgehead atoms. The van der Waals surface area contributed by atoms with Crippen molar-refractivity contribution in [2.75, 3.05) is 32.8 Å². The zero-order valence-corrected chi connectivity index (χ0v) is 53.8. The molecule has 0 unspecified atom stereocenters. The number of rotatable bonds is 31. The van der Waals surface area contributed by atoms with Gasteiger partial charge in [-0.1, -0.05) is 44.2 Å². The number of amides is 11. The van der Waals surface area contributed by atoms with E-state index < -0.39 is 139 Å². The molecule has 2 aromatic carbocycles. The fraction of sp³-hybridized carbons (Fsp3) is 0.475. The van der Waals surface area contributed by atoms with Crippen LogP contribution in [0.5, 0.6) is 5.75 Å². The molecule has 2 aromatic heterocycles. The molecule has 0 radical (unpaired) electrons. The first-order chi connectivity index (χ1) is 44.0. The van der Waals surface area contributed by atoms with Gasteiger partial charge in [-0.15, -0.1) is 0 Å². The highest BCUT2D eigenvalue weighted by Gasteiger charge is 2.39. The second-order valence-electron chi connectivity index (χ2n) is 22.2. The molecule has 38 heteroatoms. The molecule has 29 N–H and O–H groups in total. The molecule has 0 saturated carbocycles. The number of hydrogen-bond acceptors (Lipinski definition) is 17. The highest BCUT2D eigenvalue weighted by molar-refractivity contribution is 5.99. The molecule has 4 heterocycles. The number of aliphatic hydroxyl groups is 1. The monoisotopic (exact) mass is 1370 g/mol. The topological polar surface area (TPSA) is 675 Å². The number of carbonyl (C=O) groups is 13. The summed E-state index contributed by atoms with van der Waals surface area (Å²) in [4.78, 5) is 182. The third kappa shape index (κ3) is 30.4. The highest BCUT2D eigenvalue weighted by Crippen LogP contribution is 2.21. The summed E-state index contributed by atoms with van der Waals surface area (Å²) in [5.74, 6) is -10.5. The number of hydrogen-bond donors (Lipinski definition) is 18. The molecular formula is C59H91N17O21. The molecule has 0 spiro atoms. The van der Waals surface area contributed by atoms with Crippen LogP contribution in [0.4, 0.5) is 0 Å². The first-order valence-electron chi connectivity index (χ1n) is 29.7. The molecule has 38 nitrogen and oxygen atoms in total. The van der Waals surface area contributed by atoms with Crippen LogP contribution >= 0.6 is 0 Å². The third-order valence-electron chi connectivity index (χ3n) is 14.0. The summed E-state index contributed by atoms with van der Waals surface area (Å²) >= 11 is 0. The number of aromatic hydroxyl groups is 1. The Labute approximate surface area is 555 Å². The van der Waals surface area contributed by atoms with E-state index in [4.69, 9.17) is 37.0 Å². The molecule has 8 atom stereocenters. The number of H-pyrrole nitrogens is 2. The molecule has 6 rings (SSSR count). The second-order valence-corrected chi connectivity index (χ2v) is 22.2. The van der Waals surface area contributed by atoms with Crippen LogP contribution in [-0.4, -0.2) is 226 Å². The van der Waals surface area contributed by atoms with Crippen LogP contribution in [-0.2, 0) is 81.6 Å². The number of aromatic nitrogens is 3. The van der Waals surface area contributed by atoms with E-state index in [0.29, 0.717) is 28.9 Å². The predicted molar refractivity (Wildman–Crippen MR) is 346 cm³/mol. The number of carbonyl (C=O) groups excluding carboxylic acids is 11. The van der Waals surface area contributed by atoms with Crippen LogP contribution in [0.15, 0.2) is 72.1 Å². The number of aliphatic carboxylic acids is 2. The maximum Gasteiger partial charge on any atom is 0.300 e. The van der Waals surface area contributed by atoms with Crippen molar-refractivity contribution >= 4 is 93.8 Å². The Morgan fingerprint density at radius 2 is 1.25 bits per heavy atom. The fourth-order valence-electron chi connectivity index (χ4n) is 9.74. The van der Waals surface area contributed by atoms with Crippen molar-refractivity contribution < 1.29 is 105 Å². The molecule has 2 aliphatic rings. The number of carboxylic acids is 2. The molecule has 538 valence electrons. The number of primary amides is 1. The minimum absolute atomic E-state index is 0. The van der Waals surface area contributed by atoms with Crippen LogP contribution in [0.3, 0.4) is 0 Å². The minimum atomic E-state index is -1.76. The summed E-state index contributed by atoms with van der Waals surface area (Å²) < 4.78 is 0. The van der Waals surface area contributed by atoms with Crippen LogP contribution in [0.25, 0.3) is 10.9 Å². The van der Waals surface area contributed by atoms with Gasteiger partial charge in [-0.2, -0.15) is 0 Å². The molecule has 2 saturated heterocycles. The number of aliphatic hydroxyl groups excluding tert-OH is 1. The molecule has 97 heavy (non-hydrogen) atoms. The van der Waals surface area contributed by atoms with Crippen molar-refractivity contribution in [1.82, 2.24) is 67.7 Å². The quantitative estimate of drug-likeness (QED) is 0.0126. The van der Waals surface area contributed by atoms with Gasteiger partial charge in [0.2, 0.25) is 65.0 Å². The SMILES string of the molecule is CC(=O)O.CC(=O)O.CC(C)C[C@H](NC(=O)CNC(=O)[C@H](Cc1ccc(O)cc1)NC(=O)[C@H](CO)NC(=O)[C@H](Cc1cc2ccccc2[nH]1)NC(=O)[C@H](Cc1cnc[nH]1)NC(=O)[C@@H]1CCC(=O)N1)C(=O)N[C@@H](CCCN=C(N)N)C(=O)N1CCC[C@H]1C(=O)NCC(N)=O.O.O.O.O. The Hall–Kier alpha value is -10.8. The van der Waals surface area contributed by atoms with Crippen molar-refractivity contribution in [1.29, 1.82) is 0 Å². The van der Waals surface area contributed by atoms with Crippen LogP contribution in [0.2, 0.25) is 0 Å². The lowest BCUT2D eigenvalue weighted by molar-refractivity contribution is -0.142. The van der Waals surface area contributed by atoms with Gasteiger partial charge in [0.1, 0.15) is 54.1 Å². The summed E-state index contributed by atoms with van der Waals surface area (Å²) in [6.07, 6.45) is 3.58. The Bertz CT molecular complexity index is 3240. The number of para-hydroxylation sites is 1. The first-order valence-corrected chi connectivity index (χ1v) is 29.7. The van der Waals surface area contributed by atoms with Gasteiger partial charge in [0.05, 0.1) is 26.0 Å². The molecule has 0 aliphatic carbocycles. The molecule has 4 aromatic rings. The predicted octanol–water partition coefficient (Wildman–Crippen LogP) is -7.50. The van der Waals surface area contributed by atoms with Crippen molar-refractivity contribution in [2.24, 2.45) is 28.1 Å². The van der Waals surface area contributed by atoms with Crippen LogP contribution in [0, 0.1) is 5.92 Å². The lowest BCUT2D eigenvalue weighted by Crippen LogP contribution is -2.60. The number of phenolic OH excluding ortho intramolecular Hbond substituents is 1. The van der Waals surface area contributed by atoms with E-state index in [0.717, 1.165) is 19.2 Å². The van der Waals surface area contributed by atoms with E-state index in [1.54, 1.807) is 38.1 Å². The van der Waals surface area contributed by atoms with Gasteiger partial charge in [0, 0.05) is 75.7 Å².